The largest absolute Gasteiger partial charge is 0.481 e. The molecule has 0 aromatic carbocycles. The van der Waals surface area contributed by atoms with Gasteiger partial charge in [0.25, 0.3) is 0 Å². The van der Waals surface area contributed by atoms with Gasteiger partial charge >= 0.3 is 5.97 Å². The van der Waals surface area contributed by atoms with E-state index < -0.39 is 5.97 Å². The van der Waals surface area contributed by atoms with E-state index in [1.807, 2.05) is 0 Å². The number of fused-ring (bicyclic) bond motifs is 1. The Balaban J connectivity index is 2.17. The lowest BCUT2D eigenvalue weighted by Crippen LogP contribution is -2.44. The quantitative estimate of drug-likeness (QED) is 0.750. The molecule has 0 heterocycles. The first-order valence-electron chi connectivity index (χ1n) is 6.10. The smallest absolute Gasteiger partial charge is 0.303 e. The van der Waals surface area contributed by atoms with Crippen molar-refractivity contribution in [3.63, 3.8) is 0 Å². The summed E-state index contributed by atoms with van der Waals surface area (Å²) in [4.78, 5) is 11.0. The molecule has 3 N–H and O–H groups in total. The van der Waals surface area contributed by atoms with Gasteiger partial charge in [-0.15, -0.1) is 0 Å². The molecule has 2 fully saturated rings. The van der Waals surface area contributed by atoms with E-state index in [0.717, 1.165) is 12.3 Å². The molecular weight excluding hydrogens is 190 g/mol. The highest BCUT2D eigenvalue weighted by atomic mass is 16.4. The van der Waals surface area contributed by atoms with E-state index in [-0.39, 0.29) is 11.8 Å². The van der Waals surface area contributed by atoms with Gasteiger partial charge in [0, 0.05) is 0 Å². The zero-order valence-corrected chi connectivity index (χ0v) is 9.24. The lowest BCUT2D eigenvalue weighted by atomic mass is 9.61. The second kappa shape index (κ2) is 4.12. The molecule has 3 nitrogen and oxygen atoms in total. The number of carbonyl (C=O) groups is 1. The van der Waals surface area contributed by atoms with Gasteiger partial charge < -0.3 is 10.8 Å². The minimum atomic E-state index is -0.673. The van der Waals surface area contributed by atoms with Crippen LogP contribution in [0.2, 0.25) is 0 Å². The van der Waals surface area contributed by atoms with E-state index in [9.17, 15) is 4.79 Å². The minimum absolute atomic E-state index is 0.0781. The molecule has 0 bridgehead atoms. The molecular formula is C12H21NO2. The number of nitrogens with two attached hydrogens (primary N) is 1. The maximum Gasteiger partial charge on any atom is 0.303 e. The van der Waals surface area contributed by atoms with Crippen LogP contribution in [0.25, 0.3) is 0 Å². The highest BCUT2D eigenvalue weighted by Crippen LogP contribution is 2.53. The van der Waals surface area contributed by atoms with Crippen molar-refractivity contribution in [2.45, 2.75) is 44.9 Å². The van der Waals surface area contributed by atoms with Gasteiger partial charge in [-0.1, -0.05) is 25.7 Å². The fourth-order valence-corrected chi connectivity index (χ4v) is 3.94. The minimum Gasteiger partial charge on any atom is -0.481 e. The fourth-order valence-electron chi connectivity index (χ4n) is 3.94. The summed E-state index contributed by atoms with van der Waals surface area (Å²) in [6.45, 7) is 0.556. The molecule has 2 aliphatic rings. The zero-order chi connectivity index (χ0) is 10.9. The number of rotatable bonds is 3. The standard InChI is InChI=1S/C12H21NO2/c13-8-12(7-11(14)15)6-2-4-9-3-1-5-10(9)12/h9-10H,1-8,13H2,(H,14,15). The monoisotopic (exact) mass is 211 g/mol. The van der Waals surface area contributed by atoms with E-state index >= 15 is 0 Å². The lowest BCUT2D eigenvalue weighted by molar-refractivity contribution is -0.141. The number of carboxylic acid groups (broad SMARTS) is 1. The van der Waals surface area contributed by atoms with Crippen LogP contribution in [0.15, 0.2) is 0 Å². The Morgan fingerprint density at radius 2 is 2.07 bits per heavy atom. The molecule has 3 atom stereocenters. The summed E-state index contributed by atoms with van der Waals surface area (Å²) < 4.78 is 0. The molecule has 2 aliphatic carbocycles. The highest BCUT2D eigenvalue weighted by molar-refractivity contribution is 5.67. The lowest BCUT2D eigenvalue weighted by Gasteiger charge is -2.44. The van der Waals surface area contributed by atoms with Crippen LogP contribution < -0.4 is 5.73 Å². The maximum absolute atomic E-state index is 11.0. The summed E-state index contributed by atoms with van der Waals surface area (Å²) >= 11 is 0. The Hall–Kier alpha value is -0.570. The topological polar surface area (TPSA) is 63.3 Å². The molecule has 2 rings (SSSR count). The predicted molar refractivity (Wildman–Crippen MR) is 58.4 cm³/mol. The van der Waals surface area contributed by atoms with Gasteiger partial charge in [0.2, 0.25) is 0 Å². The van der Waals surface area contributed by atoms with Crippen LogP contribution in [-0.2, 0) is 4.79 Å². The Kier molecular flexibility index (Phi) is 3.01. The van der Waals surface area contributed by atoms with Crippen molar-refractivity contribution in [3.8, 4) is 0 Å². The number of aliphatic carboxylic acids is 1. The summed E-state index contributed by atoms with van der Waals surface area (Å²) in [5.41, 5.74) is 5.80. The average molecular weight is 211 g/mol. The van der Waals surface area contributed by atoms with Gasteiger partial charge in [-0.2, -0.15) is 0 Å². The van der Waals surface area contributed by atoms with Crippen molar-refractivity contribution in [2.75, 3.05) is 6.54 Å². The van der Waals surface area contributed by atoms with E-state index in [2.05, 4.69) is 0 Å². The second-order valence-corrected chi connectivity index (χ2v) is 5.33. The molecule has 15 heavy (non-hydrogen) atoms. The Morgan fingerprint density at radius 3 is 2.73 bits per heavy atom. The molecule has 2 saturated carbocycles. The molecule has 0 amide bonds. The van der Waals surface area contributed by atoms with Crippen LogP contribution >= 0.6 is 0 Å². The van der Waals surface area contributed by atoms with Gasteiger partial charge in [-0.25, -0.2) is 0 Å². The summed E-state index contributed by atoms with van der Waals surface area (Å²) in [6, 6.07) is 0. The van der Waals surface area contributed by atoms with Crippen LogP contribution in [0, 0.1) is 17.3 Å². The van der Waals surface area contributed by atoms with Crippen LogP contribution in [0.1, 0.15) is 44.9 Å². The summed E-state index contributed by atoms with van der Waals surface area (Å²) in [7, 11) is 0. The zero-order valence-electron chi connectivity index (χ0n) is 9.24. The van der Waals surface area contributed by atoms with Crippen LogP contribution in [-0.4, -0.2) is 17.6 Å². The third-order valence-electron chi connectivity index (χ3n) is 4.61. The molecule has 0 aliphatic heterocycles. The first-order chi connectivity index (χ1) is 7.18. The molecule has 86 valence electrons. The van der Waals surface area contributed by atoms with Crippen molar-refractivity contribution < 1.29 is 9.90 Å². The van der Waals surface area contributed by atoms with Gasteiger partial charge in [0.15, 0.2) is 0 Å². The predicted octanol–water partition coefficient (Wildman–Crippen LogP) is 2.01. The average Bonchev–Trinajstić information content (AvgIpc) is 2.66. The molecule has 0 radical (unpaired) electrons. The molecule has 0 spiro atoms. The van der Waals surface area contributed by atoms with Crippen molar-refractivity contribution >= 4 is 5.97 Å². The van der Waals surface area contributed by atoms with E-state index in [1.165, 1.54) is 32.1 Å². The molecule has 0 saturated heterocycles. The molecule has 0 aromatic heterocycles. The highest BCUT2D eigenvalue weighted by Gasteiger charge is 2.47. The van der Waals surface area contributed by atoms with E-state index in [0.29, 0.717) is 12.5 Å². The van der Waals surface area contributed by atoms with E-state index in [1.54, 1.807) is 0 Å². The first-order valence-corrected chi connectivity index (χ1v) is 6.10. The van der Waals surface area contributed by atoms with Gasteiger partial charge in [-0.05, 0) is 36.6 Å². The molecule has 3 heteroatoms. The third-order valence-corrected chi connectivity index (χ3v) is 4.61. The molecule has 3 unspecified atom stereocenters. The van der Waals surface area contributed by atoms with Gasteiger partial charge in [0.05, 0.1) is 6.42 Å². The fraction of sp³-hybridized carbons (Fsp3) is 0.917. The molecule has 0 aromatic rings. The normalized spacial score (nSPS) is 40.1. The van der Waals surface area contributed by atoms with Crippen LogP contribution in [0.5, 0.6) is 0 Å². The van der Waals surface area contributed by atoms with Crippen molar-refractivity contribution in [2.24, 2.45) is 23.0 Å². The summed E-state index contributed by atoms with van der Waals surface area (Å²) in [5, 5.41) is 9.03. The Morgan fingerprint density at radius 1 is 1.33 bits per heavy atom. The second-order valence-electron chi connectivity index (χ2n) is 5.33. The van der Waals surface area contributed by atoms with Crippen molar-refractivity contribution in [1.29, 1.82) is 0 Å². The number of carboxylic acids is 1. The van der Waals surface area contributed by atoms with Crippen LogP contribution in [0.3, 0.4) is 0 Å². The Bertz CT molecular complexity index is 254. The third kappa shape index (κ3) is 1.89. The van der Waals surface area contributed by atoms with Gasteiger partial charge in [0.1, 0.15) is 0 Å². The summed E-state index contributed by atoms with van der Waals surface area (Å²) in [6.07, 6.45) is 7.55. The van der Waals surface area contributed by atoms with Crippen molar-refractivity contribution in [3.05, 3.63) is 0 Å². The van der Waals surface area contributed by atoms with Crippen LogP contribution in [0.4, 0.5) is 0 Å². The Labute approximate surface area is 91.0 Å². The summed E-state index contributed by atoms with van der Waals surface area (Å²) in [5.74, 6) is 0.682. The van der Waals surface area contributed by atoms with Gasteiger partial charge in [-0.3, -0.25) is 4.79 Å². The first kappa shape index (κ1) is 10.9. The number of hydrogen-bond acceptors (Lipinski definition) is 2. The van der Waals surface area contributed by atoms with Crippen molar-refractivity contribution in [1.82, 2.24) is 0 Å². The maximum atomic E-state index is 11.0. The van der Waals surface area contributed by atoms with E-state index in [4.69, 9.17) is 10.8 Å². The number of hydrogen-bond donors (Lipinski definition) is 2. The SMILES string of the molecule is NCC1(CC(=O)O)CCCC2CCCC21.